The Balaban J connectivity index is 1.65. The summed E-state index contributed by atoms with van der Waals surface area (Å²) in [5.41, 5.74) is 2.48. The predicted molar refractivity (Wildman–Crippen MR) is 94.5 cm³/mol. The Morgan fingerprint density at radius 1 is 1.29 bits per heavy atom. The molecule has 24 heavy (non-hydrogen) atoms. The highest BCUT2D eigenvalue weighted by molar-refractivity contribution is 9.10. The first-order valence-corrected chi connectivity index (χ1v) is 8.51. The highest BCUT2D eigenvalue weighted by Gasteiger charge is 2.10. The van der Waals surface area contributed by atoms with Crippen LogP contribution >= 0.6 is 15.9 Å². The van der Waals surface area contributed by atoms with Gasteiger partial charge >= 0.3 is 0 Å². The molecule has 7 heteroatoms. The molecule has 0 saturated heterocycles. The van der Waals surface area contributed by atoms with Gasteiger partial charge in [-0.2, -0.15) is 10.2 Å². The zero-order chi connectivity index (χ0) is 16.9. The first kappa shape index (κ1) is 16.4. The van der Waals surface area contributed by atoms with E-state index >= 15 is 0 Å². The Hall–Kier alpha value is -2.41. The van der Waals surface area contributed by atoms with E-state index in [0.717, 1.165) is 22.3 Å². The molecule has 3 aromatic rings. The van der Waals surface area contributed by atoms with Gasteiger partial charge in [0, 0.05) is 30.7 Å². The van der Waals surface area contributed by atoms with Crippen molar-refractivity contribution < 1.29 is 4.79 Å². The number of carbonyl (C=O) groups is 1. The lowest BCUT2D eigenvalue weighted by Crippen LogP contribution is -2.23. The molecule has 0 aliphatic rings. The number of halogens is 1. The van der Waals surface area contributed by atoms with Crippen LogP contribution in [0.15, 0.2) is 53.4 Å². The second-order valence-electron chi connectivity index (χ2n) is 5.37. The van der Waals surface area contributed by atoms with Gasteiger partial charge in [0.05, 0.1) is 23.3 Å². The summed E-state index contributed by atoms with van der Waals surface area (Å²) in [5, 5.41) is 11.5. The summed E-state index contributed by atoms with van der Waals surface area (Å²) >= 11 is 3.46. The standard InChI is InChI=1S/C17H18BrN5O/c1-2-22-12-15(18)16(21-22)10-19-17(24)14-6-3-5-13(9-14)11-23-8-4-7-20-23/h3-9,12H,2,10-11H2,1H3,(H,19,24). The van der Waals surface area contributed by atoms with Gasteiger partial charge in [0.1, 0.15) is 0 Å². The molecule has 3 rings (SSSR count). The van der Waals surface area contributed by atoms with Crippen LogP contribution in [-0.2, 0) is 19.6 Å². The van der Waals surface area contributed by atoms with E-state index in [1.54, 1.807) is 6.20 Å². The van der Waals surface area contributed by atoms with Crippen molar-refractivity contribution in [2.24, 2.45) is 0 Å². The minimum absolute atomic E-state index is 0.115. The quantitative estimate of drug-likeness (QED) is 0.706. The molecule has 1 N–H and O–H groups in total. The fourth-order valence-corrected chi connectivity index (χ4v) is 2.83. The fraction of sp³-hybridized carbons (Fsp3) is 0.235. The van der Waals surface area contributed by atoms with Crippen molar-refractivity contribution in [3.05, 3.63) is 70.2 Å². The SMILES string of the molecule is CCn1cc(Br)c(CNC(=O)c2cccc(Cn3cccn3)c2)n1. The van der Waals surface area contributed by atoms with Gasteiger partial charge in [-0.1, -0.05) is 12.1 Å². The van der Waals surface area contributed by atoms with Gasteiger partial charge in [-0.15, -0.1) is 0 Å². The summed E-state index contributed by atoms with van der Waals surface area (Å²) in [6.07, 6.45) is 5.55. The van der Waals surface area contributed by atoms with Crippen LogP contribution in [-0.4, -0.2) is 25.5 Å². The van der Waals surface area contributed by atoms with Crippen LogP contribution in [0.1, 0.15) is 28.5 Å². The number of rotatable bonds is 6. The fourth-order valence-electron chi connectivity index (χ4n) is 2.38. The molecular formula is C17H18BrN5O. The summed E-state index contributed by atoms with van der Waals surface area (Å²) < 4.78 is 4.55. The van der Waals surface area contributed by atoms with Gasteiger partial charge in [0.15, 0.2) is 0 Å². The molecule has 6 nitrogen and oxygen atoms in total. The van der Waals surface area contributed by atoms with E-state index in [9.17, 15) is 4.79 Å². The summed E-state index contributed by atoms with van der Waals surface area (Å²) in [6.45, 7) is 3.84. The highest BCUT2D eigenvalue weighted by atomic mass is 79.9. The number of aromatic nitrogens is 4. The zero-order valence-electron chi connectivity index (χ0n) is 13.3. The maximum Gasteiger partial charge on any atom is 0.251 e. The molecule has 2 aromatic heterocycles. The topological polar surface area (TPSA) is 64.7 Å². The molecule has 0 aliphatic heterocycles. The molecule has 0 unspecified atom stereocenters. The van der Waals surface area contributed by atoms with Crippen LogP contribution in [0, 0.1) is 0 Å². The Kier molecular flexibility index (Phi) is 5.10. The van der Waals surface area contributed by atoms with E-state index in [-0.39, 0.29) is 5.91 Å². The molecule has 2 heterocycles. The Labute approximate surface area is 148 Å². The molecule has 0 atom stereocenters. The molecule has 0 bridgehead atoms. The van der Waals surface area contributed by atoms with Crippen molar-refractivity contribution in [1.29, 1.82) is 0 Å². The van der Waals surface area contributed by atoms with E-state index < -0.39 is 0 Å². The van der Waals surface area contributed by atoms with E-state index in [4.69, 9.17) is 0 Å². The molecule has 0 saturated carbocycles. The minimum atomic E-state index is -0.115. The molecular weight excluding hydrogens is 370 g/mol. The molecule has 1 amide bonds. The predicted octanol–water partition coefficient (Wildman–Crippen LogP) is 2.84. The van der Waals surface area contributed by atoms with Crippen molar-refractivity contribution in [2.75, 3.05) is 0 Å². The second-order valence-corrected chi connectivity index (χ2v) is 6.22. The van der Waals surface area contributed by atoms with E-state index in [1.807, 2.05) is 59.0 Å². The lowest BCUT2D eigenvalue weighted by molar-refractivity contribution is 0.0950. The van der Waals surface area contributed by atoms with Crippen molar-refractivity contribution in [2.45, 2.75) is 26.6 Å². The van der Waals surface area contributed by atoms with E-state index in [0.29, 0.717) is 18.7 Å². The second kappa shape index (κ2) is 7.44. The van der Waals surface area contributed by atoms with Crippen LogP contribution in [0.25, 0.3) is 0 Å². The van der Waals surface area contributed by atoms with Gasteiger partial charge in [-0.25, -0.2) is 0 Å². The molecule has 0 spiro atoms. The summed E-state index contributed by atoms with van der Waals surface area (Å²) in [6, 6.07) is 9.44. The monoisotopic (exact) mass is 387 g/mol. The van der Waals surface area contributed by atoms with E-state index in [1.165, 1.54) is 0 Å². The summed E-state index contributed by atoms with van der Waals surface area (Å²) in [7, 11) is 0. The third kappa shape index (κ3) is 3.91. The molecule has 0 radical (unpaired) electrons. The van der Waals surface area contributed by atoms with Crippen LogP contribution < -0.4 is 5.32 Å². The number of hydrogen-bond acceptors (Lipinski definition) is 3. The van der Waals surface area contributed by atoms with Crippen molar-refractivity contribution in [3.8, 4) is 0 Å². The summed E-state index contributed by atoms with van der Waals surface area (Å²) in [5.74, 6) is -0.115. The van der Waals surface area contributed by atoms with Gasteiger partial charge in [-0.3, -0.25) is 14.2 Å². The number of nitrogens with one attached hydrogen (secondary N) is 1. The third-order valence-corrected chi connectivity index (χ3v) is 4.28. The largest absolute Gasteiger partial charge is 0.346 e. The highest BCUT2D eigenvalue weighted by Crippen LogP contribution is 2.15. The first-order valence-electron chi connectivity index (χ1n) is 7.72. The zero-order valence-corrected chi connectivity index (χ0v) is 14.9. The van der Waals surface area contributed by atoms with Crippen LogP contribution in [0.3, 0.4) is 0 Å². The van der Waals surface area contributed by atoms with Gasteiger partial charge < -0.3 is 5.32 Å². The first-order chi connectivity index (χ1) is 11.7. The third-order valence-electron chi connectivity index (χ3n) is 3.62. The Bertz CT molecular complexity index is 825. The number of nitrogens with zero attached hydrogens (tertiary/aromatic N) is 4. The van der Waals surface area contributed by atoms with Gasteiger partial charge in [0.25, 0.3) is 5.91 Å². The number of benzene rings is 1. The molecule has 1 aromatic carbocycles. The number of carbonyl (C=O) groups excluding carboxylic acids is 1. The lowest BCUT2D eigenvalue weighted by Gasteiger charge is -2.07. The Morgan fingerprint density at radius 3 is 2.88 bits per heavy atom. The van der Waals surface area contributed by atoms with E-state index in [2.05, 4.69) is 31.4 Å². The maximum atomic E-state index is 12.4. The number of hydrogen-bond donors (Lipinski definition) is 1. The average molecular weight is 388 g/mol. The molecule has 0 fully saturated rings. The number of amides is 1. The van der Waals surface area contributed by atoms with Crippen LogP contribution in [0.5, 0.6) is 0 Å². The normalized spacial score (nSPS) is 10.8. The summed E-state index contributed by atoms with van der Waals surface area (Å²) in [4.78, 5) is 12.4. The average Bonchev–Trinajstić information content (AvgIpc) is 3.22. The molecule has 0 aliphatic carbocycles. The number of aryl methyl sites for hydroxylation is 1. The smallest absolute Gasteiger partial charge is 0.251 e. The van der Waals surface area contributed by atoms with Gasteiger partial charge in [-0.05, 0) is 46.6 Å². The Morgan fingerprint density at radius 2 is 2.17 bits per heavy atom. The van der Waals surface area contributed by atoms with Crippen molar-refractivity contribution >= 4 is 21.8 Å². The van der Waals surface area contributed by atoms with Crippen LogP contribution in [0.4, 0.5) is 0 Å². The van der Waals surface area contributed by atoms with Crippen molar-refractivity contribution in [3.63, 3.8) is 0 Å². The lowest BCUT2D eigenvalue weighted by atomic mass is 10.1. The minimum Gasteiger partial charge on any atom is -0.346 e. The van der Waals surface area contributed by atoms with Gasteiger partial charge in [0.2, 0.25) is 0 Å². The van der Waals surface area contributed by atoms with Crippen molar-refractivity contribution in [1.82, 2.24) is 24.9 Å². The van der Waals surface area contributed by atoms with Crippen LogP contribution in [0.2, 0.25) is 0 Å². The maximum absolute atomic E-state index is 12.4. The molecule has 124 valence electrons.